The van der Waals surface area contributed by atoms with Gasteiger partial charge in [0.05, 0.1) is 31.9 Å². The number of hydrogen-bond acceptors (Lipinski definition) is 8. The van der Waals surface area contributed by atoms with Gasteiger partial charge in [-0.1, -0.05) is 0 Å². The van der Waals surface area contributed by atoms with Crippen molar-refractivity contribution in [2.24, 2.45) is 0 Å². The number of amides is 1. The molecule has 0 aromatic carbocycles. The minimum absolute atomic E-state index is 0.183. The van der Waals surface area contributed by atoms with Gasteiger partial charge in [-0.05, 0) is 19.1 Å². The van der Waals surface area contributed by atoms with Crippen LogP contribution in [0.3, 0.4) is 0 Å². The van der Waals surface area contributed by atoms with Gasteiger partial charge < -0.3 is 25.0 Å². The second kappa shape index (κ2) is 8.21. The molecule has 0 radical (unpaired) electrons. The molecule has 10 heteroatoms. The third kappa shape index (κ3) is 4.29. The molecule has 2 aliphatic heterocycles. The highest BCUT2D eigenvalue weighted by Crippen LogP contribution is 2.13. The molecule has 0 spiro atoms. The van der Waals surface area contributed by atoms with Crippen molar-refractivity contribution in [3.8, 4) is 0 Å². The number of nitrogens with zero attached hydrogens (tertiary/aromatic N) is 5. The van der Waals surface area contributed by atoms with E-state index in [9.17, 15) is 9.90 Å². The van der Waals surface area contributed by atoms with Gasteiger partial charge in [-0.3, -0.25) is 9.69 Å². The summed E-state index contributed by atoms with van der Waals surface area (Å²) in [5.41, 5.74) is 0.506. The normalized spacial score (nSPS) is 18.2. The molecule has 0 bridgehead atoms. The molecule has 2 aromatic rings. The third-order valence-corrected chi connectivity index (χ3v) is 5.00. The molecular formula is C18H25N7O3. The van der Waals surface area contributed by atoms with E-state index in [1.807, 2.05) is 6.92 Å². The smallest absolute Gasteiger partial charge is 0.251 e. The Balaban J connectivity index is 1.25. The fourth-order valence-corrected chi connectivity index (χ4v) is 3.36. The van der Waals surface area contributed by atoms with Crippen molar-refractivity contribution in [2.45, 2.75) is 32.2 Å². The van der Waals surface area contributed by atoms with Crippen LogP contribution in [0.2, 0.25) is 0 Å². The van der Waals surface area contributed by atoms with Crippen molar-refractivity contribution in [1.82, 2.24) is 30.0 Å². The van der Waals surface area contributed by atoms with Crippen molar-refractivity contribution in [1.29, 1.82) is 0 Å². The van der Waals surface area contributed by atoms with Crippen LogP contribution in [-0.2, 0) is 17.8 Å². The maximum Gasteiger partial charge on any atom is 0.251 e. The van der Waals surface area contributed by atoms with Crippen LogP contribution in [0, 0.1) is 6.92 Å². The topological polar surface area (TPSA) is 117 Å². The molecule has 1 atom stereocenters. The molecule has 2 aliphatic rings. The number of carbonyl (C=O) groups is 1. The van der Waals surface area contributed by atoms with Gasteiger partial charge in [-0.15, -0.1) is 10.2 Å². The fourth-order valence-electron chi connectivity index (χ4n) is 3.36. The Hall–Kier alpha value is -2.56. The largest absolute Gasteiger partial charge is 0.390 e. The second-order valence-corrected chi connectivity index (χ2v) is 7.22. The summed E-state index contributed by atoms with van der Waals surface area (Å²) in [5, 5.41) is 24.6. The molecule has 0 saturated carbocycles. The van der Waals surface area contributed by atoms with E-state index in [4.69, 9.17) is 4.74 Å². The van der Waals surface area contributed by atoms with E-state index >= 15 is 0 Å². The molecule has 10 nitrogen and oxygen atoms in total. The number of carbonyl (C=O) groups excluding carboxylic acids is 1. The van der Waals surface area contributed by atoms with Crippen molar-refractivity contribution < 1.29 is 14.6 Å². The first-order valence-electron chi connectivity index (χ1n) is 9.46. The van der Waals surface area contributed by atoms with Crippen LogP contribution in [0.15, 0.2) is 18.3 Å². The summed E-state index contributed by atoms with van der Waals surface area (Å²) in [4.78, 5) is 18.7. The second-order valence-electron chi connectivity index (χ2n) is 7.22. The Morgan fingerprint density at radius 2 is 2.25 bits per heavy atom. The van der Waals surface area contributed by atoms with Crippen LogP contribution in [-0.4, -0.2) is 80.7 Å². The maximum atomic E-state index is 12.4. The maximum absolute atomic E-state index is 12.4. The summed E-state index contributed by atoms with van der Waals surface area (Å²) < 4.78 is 7.22. The predicted molar refractivity (Wildman–Crippen MR) is 101 cm³/mol. The van der Waals surface area contributed by atoms with Gasteiger partial charge in [0.15, 0.2) is 0 Å². The average molecular weight is 387 g/mol. The highest BCUT2D eigenvalue weighted by molar-refractivity contribution is 5.94. The van der Waals surface area contributed by atoms with Crippen molar-refractivity contribution >= 4 is 11.7 Å². The molecule has 2 aromatic heterocycles. The van der Waals surface area contributed by atoms with E-state index in [-0.39, 0.29) is 18.5 Å². The van der Waals surface area contributed by atoms with Crippen molar-refractivity contribution in [2.75, 3.05) is 38.2 Å². The van der Waals surface area contributed by atoms with Crippen molar-refractivity contribution in [3.63, 3.8) is 0 Å². The number of aromatic nitrogens is 4. The van der Waals surface area contributed by atoms with Gasteiger partial charge in [0.25, 0.3) is 5.91 Å². The Kier molecular flexibility index (Phi) is 5.51. The van der Waals surface area contributed by atoms with Crippen LogP contribution >= 0.6 is 0 Å². The number of β-amino-alcohol motifs (C(OH)–C–C–N with tert-alkyl or cyclic N) is 1. The van der Waals surface area contributed by atoms with Gasteiger partial charge in [0, 0.05) is 37.9 Å². The SMILES string of the molecule is Cc1nnc2n1CCN(C[C@@H](O)CNC(=O)c1ccnc(NC3COC3)c1)C2. The molecule has 1 saturated heterocycles. The number of anilines is 1. The number of aryl methyl sites for hydroxylation is 1. The van der Waals surface area contributed by atoms with Gasteiger partial charge in [-0.2, -0.15) is 0 Å². The monoisotopic (exact) mass is 387 g/mol. The fraction of sp³-hybridized carbons (Fsp3) is 0.556. The number of pyridine rings is 1. The summed E-state index contributed by atoms with van der Waals surface area (Å²) in [6.07, 6.45) is 0.935. The molecule has 28 heavy (non-hydrogen) atoms. The number of aliphatic hydroxyl groups excluding tert-OH is 1. The summed E-state index contributed by atoms with van der Waals surface area (Å²) >= 11 is 0. The van der Waals surface area contributed by atoms with E-state index in [1.165, 1.54) is 0 Å². The van der Waals surface area contributed by atoms with E-state index < -0.39 is 6.10 Å². The highest BCUT2D eigenvalue weighted by Gasteiger charge is 2.22. The lowest BCUT2D eigenvalue weighted by Gasteiger charge is -2.29. The Bertz CT molecular complexity index is 836. The van der Waals surface area contributed by atoms with E-state index in [1.54, 1.807) is 18.3 Å². The zero-order valence-corrected chi connectivity index (χ0v) is 15.8. The molecule has 0 unspecified atom stereocenters. The van der Waals surface area contributed by atoms with Crippen LogP contribution < -0.4 is 10.6 Å². The minimum atomic E-state index is -0.661. The lowest BCUT2D eigenvalue weighted by molar-refractivity contribution is 0.0209. The Morgan fingerprint density at radius 1 is 1.39 bits per heavy atom. The number of fused-ring (bicyclic) bond motifs is 1. The van der Waals surface area contributed by atoms with Crippen LogP contribution in [0.4, 0.5) is 5.82 Å². The molecule has 1 amide bonds. The zero-order chi connectivity index (χ0) is 19.5. The summed E-state index contributed by atoms with van der Waals surface area (Å²) in [5.74, 6) is 2.24. The van der Waals surface area contributed by atoms with E-state index in [0.717, 1.165) is 24.7 Å². The summed E-state index contributed by atoms with van der Waals surface area (Å²) in [7, 11) is 0. The van der Waals surface area contributed by atoms with E-state index in [0.29, 0.717) is 37.7 Å². The molecular weight excluding hydrogens is 362 g/mol. The standard InChI is InChI=1S/C18H25N7O3/c1-12-22-23-17-9-24(4-5-25(12)17)8-15(26)7-20-18(27)13-2-3-19-16(6-13)21-14-10-28-11-14/h2-3,6,14-15,26H,4-5,7-11H2,1H3,(H,19,21)(H,20,27)/t15-/m0/s1. The number of nitrogens with one attached hydrogen (secondary N) is 2. The minimum Gasteiger partial charge on any atom is -0.390 e. The van der Waals surface area contributed by atoms with Gasteiger partial charge >= 0.3 is 0 Å². The van der Waals surface area contributed by atoms with E-state index in [2.05, 4.69) is 35.3 Å². The first-order valence-corrected chi connectivity index (χ1v) is 9.46. The number of rotatable bonds is 7. The van der Waals surface area contributed by atoms with Crippen molar-refractivity contribution in [3.05, 3.63) is 35.5 Å². The molecule has 1 fully saturated rings. The Labute approximate surface area is 162 Å². The lowest BCUT2D eigenvalue weighted by Crippen LogP contribution is -2.43. The van der Waals surface area contributed by atoms with Gasteiger partial charge in [0.1, 0.15) is 17.5 Å². The molecule has 3 N–H and O–H groups in total. The predicted octanol–water partition coefficient (Wildman–Crippen LogP) is -0.601. The molecule has 150 valence electrons. The van der Waals surface area contributed by atoms with Crippen LogP contribution in [0.25, 0.3) is 0 Å². The van der Waals surface area contributed by atoms with Gasteiger partial charge in [0.2, 0.25) is 0 Å². The summed E-state index contributed by atoms with van der Waals surface area (Å²) in [6, 6.07) is 3.61. The Morgan fingerprint density at radius 3 is 3.04 bits per heavy atom. The first kappa shape index (κ1) is 18.8. The average Bonchev–Trinajstić information content (AvgIpc) is 3.03. The first-order chi connectivity index (χ1) is 13.6. The van der Waals surface area contributed by atoms with Crippen LogP contribution in [0.5, 0.6) is 0 Å². The lowest BCUT2D eigenvalue weighted by atomic mass is 10.2. The van der Waals surface area contributed by atoms with Crippen LogP contribution in [0.1, 0.15) is 22.0 Å². The summed E-state index contributed by atoms with van der Waals surface area (Å²) in [6.45, 7) is 6.17. The molecule has 4 rings (SSSR count). The molecule has 0 aliphatic carbocycles. The highest BCUT2D eigenvalue weighted by atomic mass is 16.5. The van der Waals surface area contributed by atoms with Gasteiger partial charge in [-0.25, -0.2) is 4.98 Å². The number of aliphatic hydroxyl groups is 1. The molecule has 4 heterocycles. The number of ether oxygens (including phenoxy) is 1. The zero-order valence-electron chi connectivity index (χ0n) is 15.8. The third-order valence-electron chi connectivity index (χ3n) is 5.00. The number of hydrogen-bond donors (Lipinski definition) is 3. The quantitative estimate of drug-likeness (QED) is 0.577.